The summed E-state index contributed by atoms with van der Waals surface area (Å²) < 4.78 is 2.00. The summed E-state index contributed by atoms with van der Waals surface area (Å²) in [6.45, 7) is 10.7. The number of aliphatic carboxylic acids is 1. The largest absolute Gasteiger partial charge is 0.481 e. The van der Waals surface area contributed by atoms with Crippen molar-refractivity contribution >= 4 is 23.7 Å². The highest BCUT2D eigenvalue weighted by atomic mass is 32.2. The number of rotatable bonds is 8. The summed E-state index contributed by atoms with van der Waals surface area (Å²) in [5, 5.41) is 17.9. The Hall–Kier alpha value is -1.24. The maximum atomic E-state index is 10.7. The average Bonchev–Trinajstić information content (AvgIpc) is 2.78. The second-order valence-electron chi connectivity index (χ2n) is 6.02. The van der Waals surface area contributed by atoms with Crippen LogP contribution in [0.5, 0.6) is 0 Å². The normalized spacial score (nSPS) is 13.0. The van der Waals surface area contributed by atoms with Gasteiger partial charge in [-0.25, -0.2) is 0 Å². The third kappa shape index (κ3) is 4.91. The van der Waals surface area contributed by atoms with Crippen LogP contribution in [-0.4, -0.2) is 44.7 Å². The lowest BCUT2D eigenvalue weighted by Crippen LogP contribution is -2.32. The number of carboxylic acid groups (broad SMARTS) is 1. The second kappa shape index (κ2) is 7.68. The molecule has 0 radical (unpaired) electrons. The maximum absolute atomic E-state index is 10.7. The van der Waals surface area contributed by atoms with Gasteiger partial charge in [0.05, 0.1) is 5.75 Å². The Morgan fingerprint density at radius 1 is 1.29 bits per heavy atom. The summed E-state index contributed by atoms with van der Waals surface area (Å²) in [7, 11) is 2.02. The van der Waals surface area contributed by atoms with Gasteiger partial charge in [-0.2, -0.15) is 0 Å². The van der Waals surface area contributed by atoms with Gasteiger partial charge in [0.2, 0.25) is 5.95 Å². The standard InChI is InChI=1S/C14H26N4O2S/c1-9(2)7-11(5)17(6)13-15-16-14(18(13)10(3)4)21-8-12(19)20/h9-11H,7-8H2,1-6H3,(H,19,20). The van der Waals surface area contributed by atoms with E-state index in [1.54, 1.807) is 0 Å². The van der Waals surface area contributed by atoms with Crippen LogP contribution in [0, 0.1) is 5.92 Å². The van der Waals surface area contributed by atoms with E-state index in [1.165, 1.54) is 11.8 Å². The molecule has 0 bridgehead atoms. The highest BCUT2D eigenvalue weighted by Gasteiger charge is 2.22. The van der Waals surface area contributed by atoms with Crippen LogP contribution >= 0.6 is 11.8 Å². The predicted octanol–water partition coefficient (Wildman–Crippen LogP) is 2.91. The van der Waals surface area contributed by atoms with Crippen LogP contribution in [0.25, 0.3) is 0 Å². The van der Waals surface area contributed by atoms with E-state index in [0.717, 1.165) is 12.4 Å². The van der Waals surface area contributed by atoms with Crippen molar-refractivity contribution in [3.63, 3.8) is 0 Å². The molecule has 0 amide bonds. The molecule has 0 saturated heterocycles. The van der Waals surface area contributed by atoms with Crippen LogP contribution in [0.1, 0.15) is 47.1 Å². The molecule has 0 aromatic carbocycles. The number of nitrogens with zero attached hydrogens (tertiary/aromatic N) is 4. The molecular weight excluding hydrogens is 288 g/mol. The molecule has 0 aliphatic heterocycles. The molecule has 0 saturated carbocycles. The molecule has 120 valence electrons. The molecule has 1 heterocycles. The van der Waals surface area contributed by atoms with Crippen molar-refractivity contribution in [1.82, 2.24) is 14.8 Å². The first-order valence-electron chi connectivity index (χ1n) is 7.26. The molecule has 7 heteroatoms. The molecule has 0 aliphatic carbocycles. The Labute approximate surface area is 130 Å². The van der Waals surface area contributed by atoms with Crippen molar-refractivity contribution in [2.75, 3.05) is 17.7 Å². The monoisotopic (exact) mass is 314 g/mol. The Balaban J connectivity index is 2.98. The van der Waals surface area contributed by atoms with E-state index >= 15 is 0 Å². The zero-order valence-corrected chi connectivity index (χ0v) is 14.5. The molecule has 1 atom stereocenters. The lowest BCUT2D eigenvalue weighted by molar-refractivity contribution is -0.133. The molecular formula is C14H26N4O2S. The van der Waals surface area contributed by atoms with Crippen LogP contribution in [-0.2, 0) is 4.79 Å². The lowest BCUT2D eigenvalue weighted by Gasteiger charge is -2.28. The third-order valence-electron chi connectivity index (χ3n) is 3.28. The molecule has 0 aliphatic rings. The summed E-state index contributed by atoms with van der Waals surface area (Å²) in [6.07, 6.45) is 1.07. The van der Waals surface area contributed by atoms with E-state index in [0.29, 0.717) is 17.1 Å². The van der Waals surface area contributed by atoms with Crippen molar-refractivity contribution < 1.29 is 9.90 Å². The van der Waals surface area contributed by atoms with Crippen molar-refractivity contribution in [3.8, 4) is 0 Å². The van der Waals surface area contributed by atoms with Crippen LogP contribution in [0.4, 0.5) is 5.95 Å². The minimum Gasteiger partial charge on any atom is -0.481 e. The van der Waals surface area contributed by atoms with Gasteiger partial charge in [-0.05, 0) is 33.1 Å². The summed E-state index contributed by atoms with van der Waals surface area (Å²) in [5.41, 5.74) is 0. The molecule has 1 aromatic heterocycles. The van der Waals surface area contributed by atoms with Crippen LogP contribution in [0.2, 0.25) is 0 Å². The number of carboxylic acids is 1. The van der Waals surface area contributed by atoms with Gasteiger partial charge in [0.15, 0.2) is 5.16 Å². The van der Waals surface area contributed by atoms with Gasteiger partial charge in [-0.15, -0.1) is 10.2 Å². The minimum atomic E-state index is -0.846. The first-order valence-corrected chi connectivity index (χ1v) is 8.24. The van der Waals surface area contributed by atoms with Gasteiger partial charge in [-0.1, -0.05) is 25.6 Å². The first-order chi connectivity index (χ1) is 9.73. The van der Waals surface area contributed by atoms with E-state index in [1.807, 2.05) is 11.6 Å². The predicted molar refractivity (Wildman–Crippen MR) is 86.1 cm³/mol. The summed E-state index contributed by atoms with van der Waals surface area (Å²) in [4.78, 5) is 12.9. The molecule has 0 fully saturated rings. The van der Waals surface area contributed by atoms with Gasteiger partial charge in [0.1, 0.15) is 0 Å². The number of hydrogen-bond donors (Lipinski definition) is 1. The quantitative estimate of drug-likeness (QED) is 0.744. The number of thioether (sulfide) groups is 1. The maximum Gasteiger partial charge on any atom is 0.313 e. The zero-order valence-electron chi connectivity index (χ0n) is 13.7. The Kier molecular flexibility index (Phi) is 6.51. The molecule has 1 aromatic rings. The number of aromatic nitrogens is 3. The summed E-state index contributed by atoms with van der Waals surface area (Å²) >= 11 is 1.21. The van der Waals surface area contributed by atoms with Crippen molar-refractivity contribution in [3.05, 3.63) is 0 Å². The van der Waals surface area contributed by atoms with Gasteiger partial charge >= 0.3 is 5.97 Å². The van der Waals surface area contributed by atoms with Gasteiger partial charge in [0.25, 0.3) is 0 Å². The molecule has 6 nitrogen and oxygen atoms in total. The minimum absolute atomic E-state index is 0.00385. The molecule has 21 heavy (non-hydrogen) atoms. The van der Waals surface area contributed by atoms with E-state index in [-0.39, 0.29) is 11.8 Å². The van der Waals surface area contributed by atoms with E-state index < -0.39 is 5.97 Å². The lowest BCUT2D eigenvalue weighted by atomic mass is 10.0. The smallest absolute Gasteiger partial charge is 0.313 e. The molecule has 1 unspecified atom stereocenters. The Bertz CT molecular complexity index is 474. The molecule has 1 rings (SSSR count). The zero-order chi connectivity index (χ0) is 16.2. The average molecular weight is 314 g/mol. The van der Waals surface area contributed by atoms with E-state index in [9.17, 15) is 4.79 Å². The molecule has 1 N–H and O–H groups in total. The Morgan fingerprint density at radius 3 is 2.38 bits per heavy atom. The second-order valence-corrected chi connectivity index (χ2v) is 6.96. The van der Waals surface area contributed by atoms with Crippen molar-refractivity contribution in [2.24, 2.45) is 5.92 Å². The fraction of sp³-hybridized carbons (Fsp3) is 0.786. The Morgan fingerprint density at radius 2 is 1.90 bits per heavy atom. The number of anilines is 1. The number of hydrogen-bond acceptors (Lipinski definition) is 5. The van der Waals surface area contributed by atoms with Crippen LogP contribution in [0.15, 0.2) is 5.16 Å². The van der Waals surface area contributed by atoms with Crippen LogP contribution < -0.4 is 4.90 Å². The van der Waals surface area contributed by atoms with E-state index in [2.05, 4.69) is 49.7 Å². The van der Waals surface area contributed by atoms with Crippen molar-refractivity contribution in [2.45, 2.75) is 58.3 Å². The topological polar surface area (TPSA) is 71.2 Å². The SMILES string of the molecule is CC(C)CC(C)N(C)c1nnc(SCC(=O)O)n1C(C)C. The highest BCUT2D eigenvalue weighted by Crippen LogP contribution is 2.27. The van der Waals surface area contributed by atoms with Gasteiger partial charge in [0, 0.05) is 19.1 Å². The summed E-state index contributed by atoms with van der Waals surface area (Å²) in [6, 6.07) is 0.531. The summed E-state index contributed by atoms with van der Waals surface area (Å²) in [5.74, 6) is 0.557. The van der Waals surface area contributed by atoms with Crippen LogP contribution in [0.3, 0.4) is 0 Å². The fourth-order valence-corrected chi connectivity index (χ4v) is 3.01. The highest BCUT2D eigenvalue weighted by molar-refractivity contribution is 7.99. The van der Waals surface area contributed by atoms with Gasteiger partial charge in [-0.3, -0.25) is 9.36 Å². The number of carbonyl (C=O) groups is 1. The van der Waals surface area contributed by atoms with Gasteiger partial charge < -0.3 is 10.0 Å². The van der Waals surface area contributed by atoms with Crippen molar-refractivity contribution in [1.29, 1.82) is 0 Å². The third-order valence-corrected chi connectivity index (χ3v) is 4.20. The first kappa shape index (κ1) is 17.8. The molecule has 0 spiro atoms. The fourth-order valence-electron chi connectivity index (χ4n) is 2.22. The van der Waals surface area contributed by atoms with E-state index in [4.69, 9.17) is 5.11 Å².